The van der Waals surface area contributed by atoms with Crippen LogP contribution >= 0.6 is 0 Å². The first-order chi connectivity index (χ1) is 34.6. The van der Waals surface area contributed by atoms with Gasteiger partial charge in [0.25, 0.3) is 0 Å². The SMILES string of the molecule is C=C([O-])C[n+]1ccc2c(c1)C(C)=CC2(C)CC1(C)C=C(C)c2c[n+](CC(=O)O)cc(C(=O)OC)c21.COC(=O)c1c[n+](CC(=O)[O-])cc2c1C(C)=CC2(C)CC1(C)C=C(C)c2c(C(=O)OC)c[n+](CC(=O)[O-])cc21. The molecule has 0 aliphatic heterocycles. The van der Waals surface area contributed by atoms with Gasteiger partial charge in [-0.1, -0.05) is 57.8 Å². The van der Waals surface area contributed by atoms with Crippen molar-refractivity contribution in [2.45, 2.75) is 116 Å². The Kier molecular flexibility index (Phi) is 14.3. The van der Waals surface area contributed by atoms with Gasteiger partial charge in [-0.3, -0.25) is 0 Å². The minimum Gasteiger partial charge on any atom is -0.872 e. The lowest BCUT2D eigenvalue weighted by Crippen LogP contribution is -2.46. The molecule has 4 aromatic rings. The second-order valence-corrected chi connectivity index (χ2v) is 20.8. The highest BCUT2D eigenvalue weighted by Gasteiger charge is 2.49. The number of pyridine rings is 4. The smallest absolute Gasteiger partial charge is 0.370 e. The summed E-state index contributed by atoms with van der Waals surface area (Å²) in [5.41, 5.74) is 9.35. The zero-order valence-electron chi connectivity index (χ0n) is 43.6. The van der Waals surface area contributed by atoms with Gasteiger partial charge in [0.1, 0.15) is 28.6 Å². The van der Waals surface area contributed by atoms with Crippen LogP contribution < -0.4 is 33.6 Å². The van der Waals surface area contributed by atoms with Gasteiger partial charge in [0, 0.05) is 61.1 Å². The number of carbonyl (C=O) groups is 6. The van der Waals surface area contributed by atoms with Crippen LogP contribution in [0, 0.1) is 0 Å². The molecule has 386 valence electrons. The number of carbonyl (C=O) groups excluding carboxylic acids is 5. The molecule has 4 aliphatic carbocycles. The molecule has 0 radical (unpaired) electrons. The minimum absolute atomic E-state index is 0.150. The summed E-state index contributed by atoms with van der Waals surface area (Å²) < 4.78 is 21.3. The van der Waals surface area contributed by atoms with E-state index in [-0.39, 0.29) is 35.4 Å². The molecular formula is C57H61N4O13+. The summed E-state index contributed by atoms with van der Waals surface area (Å²) in [5.74, 6) is -5.40. The largest absolute Gasteiger partial charge is 0.872 e. The molecule has 1 N–H and O–H groups in total. The highest BCUT2D eigenvalue weighted by molar-refractivity contribution is 5.98. The molecule has 0 amide bonds. The molecule has 4 aromatic heterocycles. The number of carboxylic acids is 3. The summed E-state index contributed by atoms with van der Waals surface area (Å²) >= 11 is 0. The lowest BCUT2D eigenvalue weighted by atomic mass is 9.68. The maximum Gasteiger partial charge on any atom is 0.370 e. The highest BCUT2D eigenvalue weighted by atomic mass is 16.5. The molecule has 0 spiro atoms. The summed E-state index contributed by atoms with van der Waals surface area (Å²) in [6.45, 7) is 18.7. The van der Waals surface area contributed by atoms with Crippen LogP contribution in [-0.4, -0.2) is 62.3 Å². The van der Waals surface area contributed by atoms with E-state index in [4.69, 9.17) is 14.2 Å². The third-order valence-corrected chi connectivity index (χ3v) is 14.6. The van der Waals surface area contributed by atoms with E-state index in [0.29, 0.717) is 29.5 Å². The standard InChI is InChI=1S/C29H30N2O8.C28H30N2O5/c1-16-7-28(3,20-11-30(13-22(32)33)9-18(24(16)20)26(36)38-5)15-29(4)8-17(2)25-19(27(37)39-6)10-31(12-21(25)29)14-23(34)35;1-17-9-27(4,23-7-8-29(11-19(3)31)12-20(17)23)16-28(5)10-18(2)21-13-30(15-24(32)33)14-22(25(21)28)26(34)35-6/h7-12H,13-15H2,1-6H3;7-10,12-14H,3,11,15-16H2,1-2,4-6H3/p+1. The molecule has 4 atom stereocenters. The van der Waals surface area contributed by atoms with E-state index in [1.165, 1.54) is 53.0 Å². The van der Waals surface area contributed by atoms with Crippen LogP contribution in [-0.2, 0) is 76.4 Å². The molecular weight excluding hydrogens is 949 g/mol. The molecule has 4 unspecified atom stereocenters. The Labute approximate surface area is 429 Å². The first kappa shape index (κ1) is 53.7. The first-order valence-corrected chi connectivity index (χ1v) is 23.9. The number of aromatic nitrogens is 4. The Bertz CT molecular complexity index is 3160. The molecule has 0 aromatic carbocycles. The van der Waals surface area contributed by atoms with Crippen molar-refractivity contribution >= 4 is 58.1 Å². The molecule has 4 heterocycles. The number of methoxy groups -OCH3 is 3. The van der Waals surface area contributed by atoms with E-state index < -0.39 is 65.2 Å². The number of hydrogen-bond donors (Lipinski definition) is 1. The van der Waals surface area contributed by atoms with Crippen molar-refractivity contribution in [1.29, 1.82) is 0 Å². The number of allylic oxidation sites excluding steroid dienone is 9. The van der Waals surface area contributed by atoms with Gasteiger partial charge in [-0.25, -0.2) is 23.7 Å². The fraction of sp³-hybridized carbons (Fsp3) is 0.368. The number of fused-ring (bicyclic) bond motifs is 4. The Hall–Kier alpha value is -8.08. The Morgan fingerprint density at radius 3 is 1.36 bits per heavy atom. The van der Waals surface area contributed by atoms with Crippen LogP contribution in [0.5, 0.6) is 0 Å². The van der Waals surface area contributed by atoms with Crippen LogP contribution in [0.15, 0.2) is 92.3 Å². The minimum atomic E-state index is -1.30. The quantitative estimate of drug-likeness (QED) is 0.0780. The van der Waals surface area contributed by atoms with Crippen LogP contribution in [0.4, 0.5) is 0 Å². The van der Waals surface area contributed by atoms with Gasteiger partial charge >= 0.3 is 23.9 Å². The second kappa shape index (κ2) is 19.7. The van der Waals surface area contributed by atoms with Crippen LogP contribution in [0.3, 0.4) is 0 Å². The van der Waals surface area contributed by atoms with Crippen molar-refractivity contribution in [3.8, 4) is 0 Å². The lowest BCUT2D eigenvalue weighted by molar-refractivity contribution is -0.700. The third-order valence-electron chi connectivity index (χ3n) is 14.6. The zero-order valence-corrected chi connectivity index (χ0v) is 43.6. The monoisotopic (exact) mass is 1010 g/mol. The number of aliphatic carboxylic acids is 3. The van der Waals surface area contributed by atoms with E-state index in [9.17, 15) is 49.2 Å². The number of ether oxygens (including phenoxy) is 3. The summed E-state index contributed by atoms with van der Waals surface area (Å²) in [6, 6.07) is 2.06. The van der Waals surface area contributed by atoms with E-state index in [2.05, 4.69) is 45.6 Å². The molecule has 0 saturated heterocycles. The number of nitrogens with zero attached hydrogens (tertiary/aromatic N) is 4. The van der Waals surface area contributed by atoms with Gasteiger partial charge in [-0.2, -0.15) is 13.7 Å². The maximum absolute atomic E-state index is 12.8. The fourth-order valence-corrected chi connectivity index (χ4v) is 12.4. The molecule has 17 nitrogen and oxygen atoms in total. The summed E-state index contributed by atoms with van der Waals surface area (Å²) in [5, 5.41) is 43.6. The van der Waals surface area contributed by atoms with Crippen molar-refractivity contribution in [1.82, 2.24) is 0 Å². The number of esters is 3. The van der Waals surface area contributed by atoms with Crippen LogP contribution in [0.25, 0.3) is 22.3 Å². The van der Waals surface area contributed by atoms with Crippen molar-refractivity contribution < 1.29 is 81.7 Å². The summed E-state index contributed by atoms with van der Waals surface area (Å²) in [6.07, 6.45) is 23.3. The van der Waals surface area contributed by atoms with Gasteiger partial charge in [0.15, 0.2) is 69.2 Å². The first-order valence-electron chi connectivity index (χ1n) is 23.9. The molecule has 74 heavy (non-hydrogen) atoms. The Morgan fingerprint density at radius 2 is 0.905 bits per heavy atom. The van der Waals surface area contributed by atoms with Gasteiger partial charge in [0.05, 0.1) is 21.3 Å². The maximum atomic E-state index is 12.8. The second-order valence-electron chi connectivity index (χ2n) is 20.8. The Balaban J connectivity index is 0.000000217. The highest BCUT2D eigenvalue weighted by Crippen LogP contribution is 2.54. The van der Waals surface area contributed by atoms with Gasteiger partial charge in [-0.05, 0) is 74.0 Å². The van der Waals surface area contributed by atoms with E-state index in [0.717, 1.165) is 50.1 Å². The van der Waals surface area contributed by atoms with E-state index in [1.54, 1.807) is 24.8 Å². The van der Waals surface area contributed by atoms with Gasteiger partial charge in [0.2, 0.25) is 6.54 Å². The summed E-state index contributed by atoms with van der Waals surface area (Å²) in [4.78, 5) is 72.4. The van der Waals surface area contributed by atoms with Crippen molar-refractivity contribution in [2.75, 3.05) is 21.3 Å². The topological polar surface area (TPSA) is 235 Å². The number of rotatable bonds is 15. The number of hydrogen-bond acceptors (Lipinski definition) is 12. The molecule has 8 rings (SSSR count). The normalized spacial score (nSPS) is 21.6. The number of carboxylic acid groups (broad SMARTS) is 3. The molecule has 0 saturated carbocycles. The third kappa shape index (κ3) is 10.0. The van der Waals surface area contributed by atoms with Crippen molar-refractivity contribution in [2.24, 2.45) is 0 Å². The summed E-state index contributed by atoms with van der Waals surface area (Å²) in [7, 11) is 3.87. The molecule has 4 aliphatic rings. The molecule has 0 bridgehead atoms. The van der Waals surface area contributed by atoms with Crippen LogP contribution in [0.2, 0.25) is 0 Å². The fourth-order valence-electron chi connectivity index (χ4n) is 12.4. The lowest BCUT2D eigenvalue weighted by Gasteiger charge is -2.35. The predicted octanol–water partition coefficient (Wildman–Crippen LogP) is 2.22. The molecule has 17 heteroatoms. The van der Waals surface area contributed by atoms with Gasteiger partial charge in [-0.15, -0.1) is 6.58 Å². The molecule has 0 fully saturated rings. The van der Waals surface area contributed by atoms with E-state index >= 15 is 0 Å². The predicted molar refractivity (Wildman–Crippen MR) is 261 cm³/mol. The average molecular weight is 1010 g/mol. The Morgan fingerprint density at radius 1 is 0.514 bits per heavy atom. The van der Waals surface area contributed by atoms with Gasteiger partial charge < -0.3 is 44.2 Å². The van der Waals surface area contributed by atoms with Crippen LogP contribution in [0.1, 0.15) is 144 Å². The average Bonchev–Trinajstić information content (AvgIpc) is 3.90. The van der Waals surface area contributed by atoms with E-state index in [1.807, 2.05) is 63.7 Å². The van der Waals surface area contributed by atoms with Crippen molar-refractivity contribution in [3.05, 3.63) is 153 Å². The zero-order chi connectivity index (χ0) is 54.6. The van der Waals surface area contributed by atoms with Crippen molar-refractivity contribution in [3.63, 3.8) is 0 Å².